The van der Waals surface area contributed by atoms with E-state index in [2.05, 4.69) is 0 Å². The summed E-state index contributed by atoms with van der Waals surface area (Å²) >= 11 is 0. The van der Waals surface area contributed by atoms with E-state index in [1.165, 1.54) is 70.4 Å². The smallest absolute Gasteiger partial charge is 0.277 e. The predicted molar refractivity (Wildman–Crippen MR) is 490 cm³/mol. The highest BCUT2D eigenvalue weighted by molar-refractivity contribution is 5.99. The van der Waals surface area contributed by atoms with Crippen molar-refractivity contribution in [3.63, 3.8) is 0 Å². The molecule has 1 N–H and O–H groups in total. The minimum Gasteiger partial charge on any atom is -0.502 e. The number of nitrogens with zero attached hydrogens (tertiary/aromatic N) is 9. The van der Waals surface area contributed by atoms with Crippen LogP contribution in [-0.2, 0) is 74.8 Å². The summed E-state index contributed by atoms with van der Waals surface area (Å²) in [5.74, 6) is -9.22. The van der Waals surface area contributed by atoms with Gasteiger partial charge in [0.25, 0.3) is 17.7 Å². The summed E-state index contributed by atoms with van der Waals surface area (Å²) in [5.41, 5.74) is 8.26. The molecule has 23 rings (SSSR count). The van der Waals surface area contributed by atoms with Crippen molar-refractivity contribution in [2.45, 2.75) is 82.2 Å². The lowest BCUT2D eigenvalue weighted by Crippen LogP contribution is -2.63. The van der Waals surface area contributed by atoms with Gasteiger partial charge in [-0.1, -0.05) is 202 Å². The fourth-order valence-corrected chi connectivity index (χ4v) is 21.5. The average Bonchev–Trinajstić information content (AvgIpc) is 1.53. The highest BCUT2D eigenvalue weighted by Crippen LogP contribution is 2.60. The number of pyridine rings is 3. The Morgan fingerprint density at radius 2 is 0.778 bits per heavy atom. The first-order valence-electron chi connectivity index (χ1n) is 43.9. The van der Waals surface area contributed by atoms with E-state index in [1.807, 2.05) is 155 Å². The average molecular weight is 1820 g/mol. The Morgan fingerprint density at radius 3 is 1.32 bits per heavy atom. The number of hydrogen-bond donors (Lipinski definition) is 1. The molecule has 27 heteroatoms. The first-order chi connectivity index (χ1) is 65.0. The van der Waals surface area contributed by atoms with E-state index in [4.69, 9.17) is 9.47 Å². The fourth-order valence-electron chi connectivity index (χ4n) is 21.5. The fraction of sp³-hybridized carbons (Fsp3) is 0.185. The van der Waals surface area contributed by atoms with E-state index in [-0.39, 0.29) is 142 Å². The maximum Gasteiger partial charge on any atom is 0.277 e. The third-order valence-electron chi connectivity index (χ3n) is 27.3. The Kier molecular flexibility index (Phi) is 22.3. The van der Waals surface area contributed by atoms with Crippen molar-refractivity contribution in [2.75, 3.05) is 54.7 Å². The highest BCUT2D eigenvalue weighted by Gasteiger charge is 2.62. The van der Waals surface area contributed by atoms with Gasteiger partial charge in [-0.25, -0.2) is 39.5 Å². The van der Waals surface area contributed by atoms with Gasteiger partial charge in [-0.05, 0) is 194 Å². The van der Waals surface area contributed by atoms with Crippen LogP contribution in [0.3, 0.4) is 0 Å². The molecule has 4 atom stereocenters. The van der Waals surface area contributed by atoms with Crippen LogP contribution in [-0.4, -0.2) is 91.2 Å². The topological polar surface area (TPSA) is 175 Å². The van der Waals surface area contributed by atoms with Crippen LogP contribution < -0.4 is 40.8 Å². The molecule has 6 heterocycles. The lowest BCUT2D eigenvalue weighted by Gasteiger charge is -2.50. The maximum atomic E-state index is 15.5. The molecular weight excluding hydrogens is 1740 g/mol. The van der Waals surface area contributed by atoms with Crippen molar-refractivity contribution in [3.05, 3.63) is 485 Å². The summed E-state index contributed by atoms with van der Waals surface area (Å²) in [4.78, 5) is 86.6. The molecule has 0 bridgehead atoms. The molecule has 3 aliphatic heterocycles. The number of ether oxygens (including phenoxy) is 2. The van der Waals surface area contributed by atoms with Crippen molar-refractivity contribution in [2.24, 2.45) is 5.92 Å². The second kappa shape index (κ2) is 34.5. The van der Waals surface area contributed by atoms with Crippen LogP contribution in [0.25, 0.3) is 12.2 Å². The van der Waals surface area contributed by atoms with Gasteiger partial charge in [0.2, 0.25) is 16.3 Å². The number of fused-ring (bicyclic) bond motifs is 18. The van der Waals surface area contributed by atoms with Crippen molar-refractivity contribution < 1.29 is 68.5 Å². The summed E-state index contributed by atoms with van der Waals surface area (Å²) in [6.07, 6.45) is 10.8. The molecule has 135 heavy (non-hydrogen) atoms. The Bertz CT molecular complexity index is 7300. The normalized spacial score (nSPS) is 18.4. The van der Waals surface area contributed by atoms with E-state index < -0.39 is 91.3 Å². The largest absolute Gasteiger partial charge is 0.502 e. The van der Waals surface area contributed by atoms with Crippen molar-refractivity contribution >= 4 is 29.9 Å². The van der Waals surface area contributed by atoms with Gasteiger partial charge in [-0.15, -0.1) is 0 Å². The molecule has 678 valence electrons. The van der Waals surface area contributed by atoms with Gasteiger partial charge in [0.1, 0.15) is 67.3 Å². The number of carbonyl (C=O) groups is 3. The summed E-state index contributed by atoms with van der Waals surface area (Å²) < 4.78 is 149. The number of rotatable bonds is 18. The van der Waals surface area contributed by atoms with Crippen LogP contribution in [0.1, 0.15) is 133 Å². The molecule has 11 aromatic carbocycles. The van der Waals surface area contributed by atoms with E-state index in [0.29, 0.717) is 65.5 Å². The van der Waals surface area contributed by atoms with E-state index >= 15 is 13.2 Å². The molecule has 0 spiro atoms. The molecule has 0 saturated carbocycles. The molecular formula is C108H84F9N9O9. The molecule has 18 nitrogen and oxygen atoms in total. The predicted octanol–water partition coefficient (Wildman–Crippen LogP) is 17.5. The van der Waals surface area contributed by atoms with Gasteiger partial charge in [0, 0.05) is 79.9 Å². The third kappa shape index (κ3) is 14.3. The van der Waals surface area contributed by atoms with Gasteiger partial charge in [-0.2, -0.15) is 0 Å². The van der Waals surface area contributed by atoms with Crippen LogP contribution in [0.5, 0.6) is 17.2 Å². The molecule has 6 aliphatic carbocycles. The van der Waals surface area contributed by atoms with E-state index in [9.17, 15) is 60.2 Å². The lowest BCUT2D eigenvalue weighted by molar-refractivity contribution is 0.0645. The Morgan fingerprint density at radius 1 is 0.356 bits per heavy atom. The second-order valence-corrected chi connectivity index (χ2v) is 34.6. The SMILES string of the molecule is C.O=C1c2c(O)c(=O)ccn2N(C23c4ccccc4CC2Cc2c3ccc(F)c2F)CN1CCc1cccc(F)c1.O=C1c2c(OCc3ccccc3)c(=O)ccn2N(C23C(=Cc4c2ccc(F)c4F)Cc2ccccc23)CN1CCc1cccc(F)c1.O=C1c2c(OCc3ccccc3)c(=O)ccn2N(C23C(=Cc4ccccc42)Cc2c3ccc(F)c2F)CN1CCc1cccc(F)c1. The number of hydrogen-bond acceptors (Lipinski definition) is 12. The second-order valence-electron chi connectivity index (χ2n) is 34.6. The summed E-state index contributed by atoms with van der Waals surface area (Å²) in [6, 6.07) is 72.6. The quantitative estimate of drug-likeness (QED) is 0.0806. The molecule has 14 aromatic rings. The molecule has 0 fully saturated rings. The first-order valence-corrected chi connectivity index (χ1v) is 43.9. The van der Waals surface area contributed by atoms with Crippen molar-refractivity contribution in [3.8, 4) is 17.2 Å². The number of halogens is 9. The number of amides is 3. The minimum absolute atomic E-state index is 0. The molecule has 3 aromatic heterocycles. The zero-order valence-corrected chi connectivity index (χ0v) is 71.5. The van der Waals surface area contributed by atoms with Crippen LogP contribution in [0.15, 0.2) is 305 Å². The van der Waals surface area contributed by atoms with E-state index in [1.54, 1.807) is 92.2 Å². The number of aromatic hydroxyl groups is 1. The standard InChI is InChI=1S/2C38H28F3N3O3.C31H24F3N3O3.CH4/c2*39-28-11-6-9-24(19-28)15-17-42-23-44(43-18-16-33(45)36(35(43)37(42)46)47-22-25-7-2-1-3-8-25)38-27(20-26-10-4-5-12-30(26)38)21-29-31(38)13-14-32(40)34(29)41;32-21-6-3-4-18(14-21)10-12-35-17-37(36-13-11-26(38)29(39)28(36)30(35)40)31-20(15-19-5-1-2-7-23(19)31)16-22-24(31)8-9-25(33)27(22)34;/h1-14,16,18-19,21H,15,17,20,22-23H2;1-14,16,18-20H,15,17,21-23H2;1-9,11,13-14,20,39H,10,12,15-17H2;1H4. The first kappa shape index (κ1) is 87.3. The lowest BCUT2D eigenvalue weighted by atomic mass is 9.81. The van der Waals surface area contributed by atoms with Gasteiger partial charge < -0.3 is 29.3 Å². The zero-order chi connectivity index (χ0) is 92.3. The molecule has 3 amide bonds. The van der Waals surface area contributed by atoms with E-state index in [0.717, 1.165) is 73.9 Å². The highest BCUT2D eigenvalue weighted by atomic mass is 19.2. The number of aromatic nitrogens is 3. The maximum absolute atomic E-state index is 15.5. The summed E-state index contributed by atoms with van der Waals surface area (Å²) in [7, 11) is 0. The Labute approximate surface area is 768 Å². The van der Waals surface area contributed by atoms with Gasteiger partial charge >= 0.3 is 0 Å². The summed E-state index contributed by atoms with van der Waals surface area (Å²) in [5, 5.41) is 16.6. The number of carbonyl (C=O) groups excluding carboxylic acids is 3. The van der Waals surface area contributed by atoms with Crippen LogP contribution in [0, 0.1) is 58.3 Å². The minimum atomic E-state index is -1.13. The molecule has 4 unspecified atom stereocenters. The molecule has 0 saturated heterocycles. The van der Waals surface area contributed by atoms with Gasteiger partial charge in [0.15, 0.2) is 69.2 Å². The zero-order valence-electron chi connectivity index (χ0n) is 71.5. The van der Waals surface area contributed by atoms with Crippen LogP contribution >= 0.6 is 0 Å². The third-order valence-corrected chi connectivity index (χ3v) is 27.3. The molecule has 0 radical (unpaired) electrons. The van der Waals surface area contributed by atoms with Gasteiger partial charge in [-0.3, -0.25) is 57.8 Å². The number of benzene rings is 11. The molecule has 9 aliphatic rings. The van der Waals surface area contributed by atoms with Crippen LogP contribution in [0.4, 0.5) is 39.5 Å². The van der Waals surface area contributed by atoms with Gasteiger partial charge in [0.05, 0.1) is 0 Å². The van der Waals surface area contributed by atoms with Crippen molar-refractivity contribution in [1.82, 2.24) is 28.7 Å². The Balaban J connectivity index is 0.000000126. The monoisotopic (exact) mass is 1820 g/mol. The Hall–Kier alpha value is -15.7. The summed E-state index contributed by atoms with van der Waals surface area (Å²) in [6.45, 7) is 0.772. The van der Waals surface area contributed by atoms with Crippen LogP contribution in [0.2, 0.25) is 0 Å². The van der Waals surface area contributed by atoms with Crippen molar-refractivity contribution in [1.29, 1.82) is 0 Å².